The third-order valence-electron chi connectivity index (χ3n) is 3.64. The number of nitrogens with one attached hydrogen (secondary N) is 2. The van der Waals surface area contributed by atoms with E-state index in [1.54, 1.807) is 14.2 Å². The van der Waals surface area contributed by atoms with Gasteiger partial charge >= 0.3 is 0 Å². The van der Waals surface area contributed by atoms with Crippen LogP contribution in [0.4, 0.5) is 5.69 Å². The molecule has 0 radical (unpaired) electrons. The fourth-order valence-corrected chi connectivity index (χ4v) is 2.35. The minimum atomic E-state index is 0.0407. The van der Waals surface area contributed by atoms with Gasteiger partial charge in [0, 0.05) is 25.2 Å². The molecule has 0 fully saturated rings. The molecular weight excluding hydrogens is 304 g/mol. The van der Waals surface area contributed by atoms with Gasteiger partial charge in [-0.1, -0.05) is 24.3 Å². The Hall–Kier alpha value is -2.69. The van der Waals surface area contributed by atoms with E-state index in [0.29, 0.717) is 31.0 Å². The maximum absolute atomic E-state index is 11.9. The molecule has 0 saturated carbocycles. The summed E-state index contributed by atoms with van der Waals surface area (Å²) in [5.74, 6) is 1.45. The number of carbonyl (C=O) groups is 1. The molecule has 2 rings (SSSR count). The molecule has 2 aromatic carbocycles. The highest BCUT2D eigenvalue weighted by Crippen LogP contribution is 2.27. The summed E-state index contributed by atoms with van der Waals surface area (Å²) in [4.78, 5) is 11.9. The van der Waals surface area contributed by atoms with E-state index in [0.717, 1.165) is 17.7 Å². The highest BCUT2D eigenvalue weighted by atomic mass is 16.5. The van der Waals surface area contributed by atoms with Crippen molar-refractivity contribution in [2.45, 2.75) is 12.8 Å². The van der Waals surface area contributed by atoms with Crippen molar-refractivity contribution in [3.05, 3.63) is 54.1 Å². The van der Waals surface area contributed by atoms with Crippen LogP contribution in [0.5, 0.6) is 11.5 Å². The Labute approximate surface area is 143 Å². The minimum Gasteiger partial charge on any atom is -0.493 e. The van der Waals surface area contributed by atoms with Crippen LogP contribution in [0.2, 0.25) is 0 Å². The first-order valence-corrected chi connectivity index (χ1v) is 7.99. The highest BCUT2D eigenvalue weighted by Gasteiger charge is 2.05. The number of para-hydroxylation sites is 1. The monoisotopic (exact) mass is 328 g/mol. The maximum atomic E-state index is 11.9. The molecule has 0 spiro atoms. The van der Waals surface area contributed by atoms with Crippen molar-refractivity contribution in [1.29, 1.82) is 0 Å². The number of hydrogen-bond donors (Lipinski definition) is 2. The number of hydrogen-bond acceptors (Lipinski definition) is 4. The lowest BCUT2D eigenvalue weighted by molar-refractivity contribution is -0.120. The molecule has 0 aliphatic heterocycles. The lowest BCUT2D eigenvalue weighted by Gasteiger charge is -2.10. The van der Waals surface area contributed by atoms with Gasteiger partial charge in [-0.3, -0.25) is 4.79 Å². The molecule has 0 aliphatic carbocycles. The lowest BCUT2D eigenvalue weighted by Crippen LogP contribution is -2.27. The van der Waals surface area contributed by atoms with Gasteiger partial charge in [-0.25, -0.2) is 0 Å². The van der Waals surface area contributed by atoms with Crippen molar-refractivity contribution >= 4 is 11.6 Å². The van der Waals surface area contributed by atoms with E-state index in [4.69, 9.17) is 9.47 Å². The number of rotatable bonds is 9. The lowest BCUT2D eigenvalue weighted by atomic mass is 10.1. The average molecular weight is 328 g/mol. The second kappa shape index (κ2) is 9.45. The maximum Gasteiger partial charge on any atom is 0.221 e. The van der Waals surface area contributed by atoms with E-state index in [1.165, 1.54) is 0 Å². The first-order valence-electron chi connectivity index (χ1n) is 7.99. The van der Waals surface area contributed by atoms with E-state index < -0.39 is 0 Å². The summed E-state index contributed by atoms with van der Waals surface area (Å²) >= 11 is 0. The van der Waals surface area contributed by atoms with Crippen LogP contribution in [-0.4, -0.2) is 33.2 Å². The van der Waals surface area contributed by atoms with Gasteiger partial charge < -0.3 is 20.1 Å². The van der Waals surface area contributed by atoms with E-state index in [2.05, 4.69) is 10.6 Å². The number of amides is 1. The van der Waals surface area contributed by atoms with Crippen molar-refractivity contribution < 1.29 is 14.3 Å². The smallest absolute Gasteiger partial charge is 0.221 e. The van der Waals surface area contributed by atoms with Crippen molar-refractivity contribution in [2.75, 3.05) is 32.6 Å². The highest BCUT2D eigenvalue weighted by molar-refractivity contribution is 5.76. The summed E-state index contributed by atoms with van der Waals surface area (Å²) in [5, 5.41) is 6.15. The zero-order valence-corrected chi connectivity index (χ0v) is 14.2. The van der Waals surface area contributed by atoms with Crippen LogP contribution in [0.1, 0.15) is 12.0 Å². The fourth-order valence-electron chi connectivity index (χ4n) is 2.35. The molecule has 0 atom stereocenters. The van der Waals surface area contributed by atoms with Gasteiger partial charge in [0.25, 0.3) is 0 Å². The van der Waals surface area contributed by atoms with E-state index in [-0.39, 0.29) is 5.91 Å². The zero-order valence-electron chi connectivity index (χ0n) is 14.2. The molecule has 0 aromatic heterocycles. The molecule has 0 aliphatic rings. The van der Waals surface area contributed by atoms with Crippen molar-refractivity contribution in [3.63, 3.8) is 0 Å². The molecule has 0 heterocycles. The number of ether oxygens (including phenoxy) is 2. The summed E-state index contributed by atoms with van der Waals surface area (Å²) in [5.41, 5.74) is 2.12. The molecule has 0 bridgehead atoms. The summed E-state index contributed by atoms with van der Waals surface area (Å²) in [7, 11) is 3.23. The number of benzene rings is 2. The Balaban J connectivity index is 1.69. The van der Waals surface area contributed by atoms with Crippen molar-refractivity contribution in [3.8, 4) is 11.5 Å². The minimum absolute atomic E-state index is 0.0407. The van der Waals surface area contributed by atoms with Crippen LogP contribution in [0.25, 0.3) is 0 Å². The van der Waals surface area contributed by atoms with Gasteiger partial charge in [0.15, 0.2) is 11.5 Å². The van der Waals surface area contributed by atoms with Crippen LogP contribution in [0.3, 0.4) is 0 Å². The zero-order chi connectivity index (χ0) is 17.2. The third-order valence-corrected chi connectivity index (χ3v) is 3.64. The second-order valence-corrected chi connectivity index (χ2v) is 5.33. The molecule has 5 heteroatoms. The normalized spacial score (nSPS) is 10.1. The van der Waals surface area contributed by atoms with Crippen LogP contribution >= 0.6 is 0 Å². The summed E-state index contributed by atoms with van der Waals surface area (Å²) in [6, 6.07) is 15.6. The summed E-state index contributed by atoms with van der Waals surface area (Å²) in [6.45, 7) is 1.21. The predicted octanol–water partition coefficient (Wildman–Crippen LogP) is 2.86. The van der Waals surface area contributed by atoms with E-state index in [1.807, 2.05) is 48.5 Å². The third kappa shape index (κ3) is 5.50. The Morgan fingerprint density at radius 2 is 1.71 bits per heavy atom. The summed E-state index contributed by atoms with van der Waals surface area (Å²) in [6.07, 6.45) is 1.19. The van der Waals surface area contributed by atoms with Crippen LogP contribution in [0, 0.1) is 0 Å². The molecule has 0 unspecified atom stereocenters. The van der Waals surface area contributed by atoms with Crippen molar-refractivity contribution in [1.82, 2.24) is 5.32 Å². The van der Waals surface area contributed by atoms with Gasteiger partial charge in [-0.15, -0.1) is 0 Å². The SMILES string of the molecule is COc1ccc(CCNC(=O)CCNc2ccccc2)cc1OC. The van der Waals surface area contributed by atoms with E-state index in [9.17, 15) is 4.79 Å². The molecule has 2 aromatic rings. The Morgan fingerprint density at radius 1 is 0.958 bits per heavy atom. The standard InChI is InChI=1S/C19H24N2O3/c1-23-17-9-8-15(14-18(17)24-2)10-12-21-19(22)11-13-20-16-6-4-3-5-7-16/h3-9,14,20H,10-13H2,1-2H3,(H,21,22). The number of methoxy groups -OCH3 is 2. The van der Waals surface area contributed by atoms with E-state index >= 15 is 0 Å². The fraction of sp³-hybridized carbons (Fsp3) is 0.316. The average Bonchev–Trinajstić information content (AvgIpc) is 2.62. The molecule has 5 nitrogen and oxygen atoms in total. The van der Waals surface area contributed by atoms with Gasteiger partial charge in [0.2, 0.25) is 5.91 Å². The van der Waals surface area contributed by atoms with Gasteiger partial charge in [-0.2, -0.15) is 0 Å². The van der Waals surface area contributed by atoms with Crippen molar-refractivity contribution in [2.24, 2.45) is 0 Å². The molecule has 1 amide bonds. The molecular formula is C19H24N2O3. The second-order valence-electron chi connectivity index (χ2n) is 5.33. The van der Waals surface area contributed by atoms with Gasteiger partial charge in [-0.05, 0) is 36.2 Å². The Kier molecular flexibility index (Phi) is 6.95. The number of anilines is 1. The molecule has 0 saturated heterocycles. The molecule has 128 valence electrons. The van der Waals surface area contributed by atoms with Crippen LogP contribution in [-0.2, 0) is 11.2 Å². The van der Waals surface area contributed by atoms with Crippen LogP contribution < -0.4 is 20.1 Å². The Morgan fingerprint density at radius 3 is 2.42 bits per heavy atom. The van der Waals surface area contributed by atoms with Gasteiger partial charge in [0.1, 0.15) is 0 Å². The first kappa shape index (κ1) is 17.7. The quantitative estimate of drug-likeness (QED) is 0.743. The Bertz CT molecular complexity index is 644. The first-order chi connectivity index (χ1) is 11.7. The summed E-state index contributed by atoms with van der Waals surface area (Å²) < 4.78 is 10.5. The molecule has 2 N–H and O–H groups in total. The number of carbonyl (C=O) groups excluding carboxylic acids is 1. The predicted molar refractivity (Wildman–Crippen MR) is 95.8 cm³/mol. The largest absolute Gasteiger partial charge is 0.493 e. The van der Waals surface area contributed by atoms with Crippen LogP contribution in [0.15, 0.2) is 48.5 Å². The van der Waals surface area contributed by atoms with Gasteiger partial charge in [0.05, 0.1) is 14.2 Å². The topological polar surface area (TPSA) is 59.6 Å². The molecule has 24 heavy (non-hydrogen) atoms.